The summed E-state index contributed by atoms with van der Waals surface area (Å²) in [6, 6.07) is 6.38. The zero-order valence-corrected chi connectivity index (χ0v) is 17.7. The second-order valence-electron chi connectivity index (χ2n) is 7.73. The standard InChI is InChI=1S/C21H30ClN3O5/c22-15-1-3-16(4-2-15)24-21(28)23-10-7-17-5-6-18(19(13-26)30-17)25-20(27)14-8-11-29-12-9-14/h1-4,14,17-19,26H,5-13H2,(H,25,27)(H2,23,24,28)/t17-,18-,19+/m1/s1. The Bertz CT molecular complexity index is 696. The summed E-state index contributed by atoms with van der Waals surface area (Å²) in [5.74, 6) is -0.0106. The van der Waals surface area contributed by atoms with E-state index < -0.39 is 6.10 Å². The Labute approximate surface area is 181 Å². The lowest BCUT2D eigenvalue weighted by Gasteiger charge is -2.37. The van der Waals surface area contributed by atoms with Crippen molar-refractivity contribution >= 4 is 29.2 Å². The van der Waals surface area contributed by atoms with Gasteiger partial charge in [0.25, 0.3) is 0 Å². The number of halogens is 1. The second kappa shape index (κ2) is 11.5. The van der Waals surface area contributed by atoms with Crippen molar-refractivity contribution in [2.24, 2.45) is 5.92 Å². The lowest BCUT2D eigenvalue weighted by molar-refractivity contribution is -0.134. The number of benzene rings is 1. The van der Waals surface area contributed by atoms with E-state index in [2.05, 4.69) is 16.0 Å². The number of hydrogen-bond acceptors (Lipinski definition) is 5. The quantitative estimate of drug-likeness (QED) is 0.521. The van der Waals surface area contributed by atoms with Gasteiger partial charge in [-0.3, -0.25) is 4.79 Å². The van der Waals surface area contributed by atoms with Crippen LogP contribution in [-0.4, -0.2) is 61.7 Å². The summed E-state index contributed by atoms with van der Waals surface area (Å²) in [5, 5.41) is 18.9. The number of rotatable bonds is 7. The fourth-order valence-electron chi connectivity index (χ4n) is 3.82. The minimum absolute atomic E-state index is 0.0179. The molecule has 166 valence electrons. The number of urea groups is 1. The van der Waals surface area contributed by atoms with Crippen LogP contribution >= 0.6 is 11.6 Å². The van der Waals surface area contributed by atoms with Crippen molar-refractivity contribution < 1.29 is 24.2 Å². The molecule has 0 spiro atoms. The SMILES string of the molecule is O=C(NCC[C@H]1CC[C@@H](NC(=O)C2CCOCC2)[C@H](CO)O1)Nc1ccc(Cl)cc1. The maximum atomic E-state index is 12.5. The predicted molar refractivity (Wildman–Crippen MR) is 114 cm³/mol. The van der Waals surface area contributed by atoms with Crippen LogP contribution in [-0.2, 0) is 14.3 Å². The maximum absolute atomic E-state index is 12.5. The Kier molecular flexibility index (Phi) is 8.74. The summed E-state index contributed by atoms with van der Waals surface area (Å²) in [6.45, 7) is 1.52. The van der Waals surface area contributed by atoms with Gasteiger partial charge in [0, 0.05) is 36.4 Å². The van der Waals surface area contributed by atoms with Crippen LogP contribution in [0.15, 0.2) is 24.3 Å². The van der Waals surface area contributed by atoms with Gasteiger partial charge in [-0.15, -0.1) is 0 Å². The molecule has 4 N–H and O–H groups in total. The van der Waals surface area contributed by atoms with E-state index in [1.54, 1.807) is 24.3 Å². The number of aliphatic hydroxyl groups is 1. The molecule has 0 bridgehead atoms. The van der Waals surface area contributed by atoms with Crippen LogP contribution in [0.1, 0.15) is 32.1 Å². The number of hydrogen-bond donors (Lipinski definition) is 4. The van der Waals surface area contributed by atoms with E-state index in [0.717, 1.165) is 25.7 Å². The van der Waals surface area contributed by atoms with Gasteiger partial charge in [-0.2, -0.15) is 0 Å². The number of amides is 3. The Morgan fingerprint density at radius 3 is 2.53 bits per heavy atom. The molecule has 2 saturated heterocycles. The van der Waals surface area contributed by atoms with Crippen LogP contribution in [0.4, 0.5) is 10.5 Å². The zero-order valence-electron chi connectivity index (χ0n) is 16.9. The predicted octanol–water partition coefficient (Wildman–Crippen LogP) is 2.30. The molecule has 0 radical (unpaired) electrons. The topological polar surface area (TPSA) is 109 Å². The number of carbonyl (C=O) groups is 2. The number of aliphatic hydroxyl groups excluding tert-OH is 1. The van der Waals surface area contributed by atoms with Gasteiger partial charge in [0.05, 0.1) is 18.8 Å². The number of ether oxygens (including phenoxy) is 2. The molecule has 3 rings (SSSR count). The summed E-state index contributed by atoms with van der Waals surface area (Å²) < 4.78 is 11.3. The van der Waals surface area contributed by atoms with Crippen LogP contribution < -0.4 is 16.0 Å². The van der Waals surface area contributed by atoms with Crippen molar-refractivity contribution in [3.05, 3.63) is 29.3 Å². The highest BCUT2D eigenvalue weighted by Gasteiger charge is 2.33. The molecule has 3 amide bonds. The third-order valence-electron chi connectivity index (χ3n) is 5.57. The van der Waals surface area contributed by atoms with Gasteiger partial charge < -0.3 is 30.5 Å². The van der Waals surface area contributed by atoms with E-state index in [9.17, 15) is 14.7 Å². The van der Waals surface area contributed by atoms with E-state index >= 15 is 0 Å². The van der Waals surface area contributed by atoms with Crippen LogP contribution in [0.5, 0.6) is 0 Å². The van der Waals surface area contributed by atoms with E-state index in [4.69, 9.17) is 21.1 Å². The van der Waals surface area contributed by atoms with Gasteiger partial charge in [0.2, 0.25) is 5.91 Å². The lowest BCUT2D eigenvalue weighted by Crippen LogP contribution is -2.52. The Morgan fingerprint density at radius 2 is 1.83 bits per heavy atom. The zero-order chi connectivity index (χ0) is 21.3. The first-order chi connectivity index (χ1) is 14.5. The lowest BCUT2D eigenvalue weighted by atomic mass is 9.94. The number of nitrogens with one attached hydrogen (secondary N) is 3. The third-order valence-corrected chi connectivity index (χ3v) is 5.82. The van der Waals surface area contributed by atoms with Crippen molar-refractivity contribution in [1.29, 1.82) is 0 Å². The van der Waals surface area contributed by atoms with Crippen LogP contribution in [0.2, 0.25) is 5.02 Å². The van der Waals surface area contributed by atoms with E-state index in [0.29, 0.717) is 36.9 Å². The van der Waals surface area contributed by atoms with Crippen LogP contribution in [0.3, 0.4) is 0 Å². The van der Waals surface area contributed by atoms with Gasteiger partial charge in [0.15, 0.2) is 0 Å². The molecule has 1 aromatic carbocycles. The maximum Gasteiger partial charge on any atom is 0.319 e. The van der Waals surface area contributed by atoms with Crippen molar-refractivity contribution in [2.75, 3.05) is 31.7 Å². The molecule has 2 aliphatic heterocycles. The smallest absolute Gasteiger partial charge is 0.319 e. The minimum atomic E-state index is -0.435. The van der Waals surface area contributed by atoms with Crippen LogP contribution in [0, 0.1) is 5.92 Å². The van der Waals surface area contributed by atoms with Gasteiger partial charge in [-0.05, 0) is 56.4 Å². The van der Waals surface area contributed by atoms with E-state index in [-0.39, 0.29) is 36.6 Å². The highest BCUT2D eigenvalue weighted by Crippen LogP contribution is 2.23. The normalized spacial score (nSPS) is 24.8. The van der Waals surface area contributed by atoms with Gasteiger partial charge >= 0.3 is 6.03 Å². The average Bonchev–Trinajstić information content (AvgIpc) is 2.77. The molecule has 8 nitrogen and oxygen atoms in total. The molecule has 0 aliphatic carbocycles. The molecule has 3 atom stereocenters. The number of carbonyl (C=O) groups excluding carboxylic acids is 2. The third kappa shape index (κ3) is 6.84. The number of anilines is 1. The Hall–Kier alpha value is -1.87. The van der Waals surface area contributed by atoms with Gasteiger partial charge in [-0.1, -0.05) is 11.6 Å². The highest BCUT2D eigenvalue weighted by molar-refractivity contribution is 6.30. The molecular weight excluding hydrogens is 410 g/mol. The van der Waals surface area contributed by atoms with E-state index in [1.807, 2.05) is 0 Å². The van der Waals surface area contributed by atoms with Crippen molar-refractivity contribution in [1.82, 2.24) is 10.6 Å². The molecule has 0 saturated carbocycles. The Morgan fingerprint density at radius 1 is 1.10 bits per heavy atom. The molecule has 1 aromatic rings. The summed E-state index contributed by atoms with van der Waals surface area (Å²) in [5.41, 5.74) is 0.661. The van der Waals surface area contributed by atoms with Crippen LogP contribution in [0.25, 0.3) is 0 Å². The monoisotopic (exact) mass is 439 g/mol. The first-order valence-electron chi connectivity index (χ1n) is 10.5. The fourth-order valence-corrected chi connectivity index (χ4v) is 3.95. The summed E-state index contributed by atoms with van der Waals surface area (Å²) >= 11 is 5.83. The summed E-state index contributed by atoms with van der Waals surface area (Å²) in [4.78, 5) is 24.5. The Balaban J connectivity index is 1.37. The first kappa shape index (κ1) is 22.8. The van der Waals surface area contributed by atoms with Crippen molar-refractivity contribution in [3.63, 3.8) is 0 Å². The fraction of sp³-hybridized carbons (Fsp3) is 0.619. The molecule has 9 heteroatoms. The van der Waals surface area contributed by atoms with Gasteiger partial charge in [0.1, 0.15) is 6.10 Å². The molecule has 0 unspecified atom stereocenters. The molecule has 2 fully saturated rings. The first-order valence-corrected chi connectivity index (χ1v) is 10.9. The highest BCUT2D eigenvalue weighted by atomic mass is 35.5. The summed E-state index contributed by atoms with van der Waals surface area (Å²) in [7, 11) is 0. The molecular formula is C21H30ClN3O5. The van der Waals surface area contributed by atoms with Crippen molar-refractivity contribution in [2.45, 2.75) is 50.4 Å². The largest absolute Gasteiger partial charge is 0.394 e. The summed E-state index contributed by atoms with van der Waals surface area (Å²) in [6.07, 6.45) is 3.08. The molecule has 30 heavy (non-hydrogen) atoms. The second-order valence-corrected chi connectivity index (χ2v) is 8.17. The van der Waals surface area contributed by atoms with Gasteiger partial charge in [-0.25, -0.2) is 4.79 Å². The molecule has 0 aromatic heterocycles. The minimum Gasteiger partial charge on any atom is -0.394 e. The van der Waals surface area contributed by atoms with E-state index in [1.165, 1.54) is 0 Å². The van der Waals surface area contributed by atoms with Crippen molar-refractivity contribution in [3.8, 4) is 0 Å². The molecule has 2 heterocycles. The molecule has 2 aliphatic rings. The average molecular weight is 440 g/mol.